The molecule has 1 aromatic rings. The first-order chi connectivity index (χ1) is 9.23. The van der Waals surface area contributed by atoms with Gasteiger partial charge in [-0.3, -0.25) is 4.79 Å². The van der Waals surface area contributed by atoms with E-state index < -0.39 is 10.1 Å². The molecule has 1 amide bonds. The van der Waals surface area contributed by atoms with Crippen LogP contribution in [0, 0.1) is 0 Å². The van der Waals surface area contributed by atoms with Crippen LogP contribution in [0.25, 0.3) is 0 Å². The van der Waals surface area contributed by atoms with E-state index in [9.17, 15) is 13.2 Å². The van der Waals surface area contributed by atoms with Gasteiger partial charge in [0.25, 0.3) is 0 Å². The van der Waals surface area contributed by atoms with Gasteiger partial charge in [-0.1, -0.05) is 19.1 Å². The average Bonchev–Trinajstić information content (AvgIpc) is 2.34. The summed E-state index contributed by atoms with van der Waals surface area (Å²) in [7, 11) is -3.51. The van der Waals surface area contributed by atoms with Crippen molar-refractivity contribution in [2.24, 2.45) is 0 Å². The first kappa shape index (κ1) is 16.5. The fraction of sp³-hybridized carbons (Fsp3) is 0.500. The summed E-state index contributed by atoms with van der Waals surface area (Å²) in [6.07, 6.45) is 1.89. The van der Waals surface area contributed by atoms with Gasteiger partial charge in [0.15, 0.2) is 0 Å². The second kappa shape index (κ2) is 6.74. The molecule has 0 aromatic heterocycles. The molecule has 1 atom stereocenters. The molecule has 0 heterocycles. The van der Waals surface area contributed by atoms with Crippen molar-refractivity contribution >= 4 is 16.0 Å². The second-order valence-electron chi connectivity index (χ2n) is 4.84. The first-order valence-electron chi connectivity index (χ1n) is 6.48. The predicted octanol–water partition coefficient (Wildman–Crippen LogP) is 2.17. The zero-order valence-corrected chi connectivity index (χ0v) is 13.1. The summed E-state index contributed by atoms with van der Waals surface area (Å²) in [5.74, 6) is 0.296. The summed E-state index contributed by atoms with van der Waals surface area (Å²) < 4.78 is 26.8. The Hall–Kier alpha value is -1.56. The smallest absolute Gasteiger partial charge is 0.306 e. The van der Waals surface area contributed by atoms with Gasteiger partial charge in [-0.05, 0) is 31.0 Å². The third kappa shape index (κ3) is 5.21. The zero-order valence-electron chi connectivity index (χ0n) is 12.3. The Morgan fingerprint density at radius 3 is 2.25 bits per heavy atom. The van der Waals surface area contributed by atoms with E-state index in [2.05, 4.69) is 0 Å². The lowest BCUT2D eigenvalue weighted by Crippen LogP contribution is -2.36. The topological polar surface area (TPSA) is 63.7 Å². The van der Waals surface area contributed by atoms with Crippen LogP contribution in [-0.4, -0.2) is 31.5 Å². The Morgan fingerprint density at radius 2 is 1.85 bits per heavy atom. The highest BCUT2D eigenvalue weighted by Gasteiger charge is 2.15. The molecule has 6 heteroatoms. The number of hydrogen-bond acceptors (Lipinski definition) is 4. The van der Waals surface area contributed by atoms with Gasteiger partial charge in [0.05, 0.1) is 6.26 Å². The van der Waals surface area contributed by atoms with Gasteiger partial charge in [0, 0.05) is 19.5 Å². The summed E-state index contributed by atoms with van der Waals surface area (Å²) in [4.78, 5) is 13.4. The lowest BCUT2D eigenvalue weighted by atomic mass is 10.1. The number of carbonyl (C=O) groups is 1. The second-order valence-corrected chi connectivity index (χ2v) is 6.41. The predicted molar refractivity (Wildman–Crippen MR) is 77.9 cm³/mol. The molecule has 1 aromatic carbocycles. The van der Waals surface area contributed by atoms with E-state index in [1.165, 1.54) is 0 Å². The molecule has 1 unspecified atom stereocenters. The summed E-state index contributed by atoms with van der Waals surface area (Å²) in [6.45, 7) is 6.09. The van der Waals surface area contributed by atoms with E-state index in [1.54, 1.807) is 36.1 Å². The number of hydrogen-bond donors (Lipinski definition) is 0. The molecule has 0 saturated heterocycles. The van der Waals surface area contributed by atoms with Gasteiger partial charge in [0.1, 0.15) is 5.75 Å². The quantitative estimate of drug-likeness (QED) is 0.755. The maximum Gasteiger partial charge on any atom is 0.306 e. The van der Waals surface area contributed by atoms with E-state index >= 15 is 0 Å². The van der Waals surface area contributed by atoms with Crippen molar-refractivity contribution in [1.29, 1.82) is 0 Å². The van der Waals surface area contributed by atoms with Crippen molar-refractivity contribution in [3.8, 4) is 5.75 Å². The number of benzene rings is 1. The van der Waals surface area contributed by atoms with Crippen molar-refractivity contribution in [3.05, 3.63) is 29.8 Å². The number of amides is 1. The van der Waals surface area contributed by atoms with Crippen molar-refractivity contribution in [2.75, 3.05) is 6.26 Å². The van der Waals surface area contributed by atoms with Crippen LogP contribution in [0.3, 0.4) is 0 Å². The van der Waals surface area contributed by atoms with Gasteiger partial charge < -0.3 is 9.08 Å². The lowest BCUT2D eigenvalue weighted by molar-refractivity contribution is -0.131. The van der Waals surface area contributed by atoms with E-state index in [4.69, 9.17) is 4.18 Å². The molecule has 0 saturated carbocycles. The van der Waals surface area contributed by atoms with Crippen LogP contribution in [0.1, 0.15) is 32.8 Å². The standard InChI is InChI=1S/C14H21NO4S/c1-5-11(2)15(12(3)16)10-13-6-8-14(9-7-13)19-20(4,17)18/h6-9,11H,5,10H2,1-4H3. The number of nitrogens with zero attached hydrogens (tertiary/aromatic N) is 1. The maximum absolute atomic E-state index is 11.6. The Morgan fingerprint density at radius 1 is 1.30 bits per heavy atom. The van der Waals surface area contributed by atoms with Gasteiger partial charge >= 0.3 is 10.1 Å². The average molecular weight is 299 g/mol. The van der Waals surface area contributed by atoms with Crippen LogP contribution < -0.4 is 4.18 Å². The highest BCUT2D eigenvalue weighted by atomic mass is 32.2. The minimum absolute atomic E-state index is 0.0239. The monoisotopic (exact) mass is 299 g/mol. The normalized spacial score (nSPS) is 12.8. The first-order valence-corrected chi connectivity index (χ1v) is 8.30. The molecule has 0 aliphatic rings. The van der Waals surface area contributed by atoms with Gasteiger partial charge in [-0.25, -0.2) is 0 Å². The molecule has 5 nitrogen and oxygen atoms in total. The molecule has 0 aliphatic carbocycles. The summed E-state index contributed by atoms with van der Waals surface area (Å²) >= 11 is 0. The minimum atomic E-state index is -3.51. The van der Waals surface area contributed by atoms with Gasteiger partial charge in [-0.15, -0.1) is 0 Å². The fourth-order valence-corrected chi connectivity index (χ4v) is 2.28. The maximum atomic E-state index is 11.6. The van der Waals surface area contributed by atoms with E-state index in [0.29, 0.717) is 6.54 Å². The molecule has 0 fully saturated rings. The van der Waals surface area contributed by atoms with Crippen molar-refractivity contribution in [3.63, 3.8) is 0 Å². The Kier molecular flexibility index (Phi) is 5.56. The summed E-state index contributed by atoms with van der Waals surface area (Å²) in [5, 5.41) is 0. The van der Waals surface area contributed by atoms with E-state index in [0.717, 1.165) is 18.2 Å². The fourth-order valence-electron chi connectivity index (χ4n) is 1.82. The molecule has 0 spiro atoms. The van der Waals surface area contributed by atoms with Crippen molar-refractivity contribution in [2.45, 2.75) is 39.8 Å². The molecule has 20 heavy (non-hydrogen) atoms. The Bertz CT molecular complexity index is 551. The lowest BCUT2D eigenvalue weighted by Gasteiger charge is -2.27. The number of rotatable bonds is 6. The molecule has 0 bridgehead atoms. The summed E-state index contributed by atoms with van der Waals surface area (Å²) in [5.41, 5.74) is 0.932. The zero-order chi connectivity index (χ0) is 15.3. The van der Waals surface area contributed by atoms with Crippen molar-refractivity contribution in [1.82, 2.24) is 4.90 Å². The molecule has 112 valence electrons. The summed E-state index contributed by atoms with van der Waals surface area (Å²) in [6, 6.07) is 6.87. The number of carbonyl (C=O) groups excluding carboxylic acids is 1. The van der Waals surface area contributed by atoms with Crippen LogP contribution in [0.5, 0.6) is 5.75 Å². The van der Waals surface area contributed by atoms with Crippen LogP contribution >= 0.6 is 0 Å². The molecule has 1 rings (SSSR count). The largest absolute Gasteiger partial charge is 0.383 e. The molecular formula is C14H21NO4S. The minimum Gasteiger partial charge on any atom is -0.383 e. The highest BCUT2D eigenvalue weighted by Crippen LogP contribution is 2.17. The van der Waals surface area contributed by atoms with Crippen LogP contribution in [0.15, 0.2) is 24.3 Å². The SMILES string of the molecule is CCC(C)N(Cc1ccc(OS(C)(=O)=O)cc1)C(C)=O. The van der Waals surface area contributed by atoms with E-state index in [-0.39, 0.29) is 17.7 Å². The Balaban J connectivity index is 2.80. The Labute approximate surface area is 120 Å². The van der Waals surface area contributed by atoms with Crippen molar-refractivity contribution < 1.29 is 17.4 Å². The molecule has 0 aliphatic heterocycles. The van der Waals surface area contributed by atoms with Gasteiger partial charge in [-0.2, -0.15) is 8.42 Å². The molecule has 0 N–H and O–H groups in total. The third-order valence-electron chi connectivity index (χ3n) is 3.05. The molecular weight excluding hydrogens is 278 g/mol. The van der Waals surface area contributed by atoms with Crippen LogP contribution in [0.4, 0.5) is 0 Å². The van der Waals surface area contributed by atoms with E-state index in [1.807, 2.05) is 13.8 Å². The molecule has 0 radical (unpaired) electrons. The van der Waals surface area contributed by atoms with Crippen LogP contribution in [0.2, 0.25) is 0 Å². The highest BCUT2D eigenvalue weighted by molar-refractivity contribution is 7.86. The van der Waals surface area contributed by atoms with Crippen LogP contribution in [-0.2, 0) is 21.5 Å². The van der Waals surface area contributed by atoms with Gasteiger partial charge in [0.2, 0.25) is 5.91 Å². The third-order valence-corrected chi connectivity index (χ3v) is 3.55.